The zero-order valence-electron chi connectivity index (χ0n) is 30.8. The number of aliphatic hydroxyl groups excluding tert-OH is 1. The van der Waals surface area contributed by atoms with Crippen molar-refractivity contribution in [3.05, 3.63) is 102 Å². The third-order valence-electron chi connectivity index (χ3n) is 9.21. The molecule has 5 rings (SSSR count). The first-order valence-electron chi connectivity index (χ1n) is 17.8. The Morgan fingerprint density at radius 1 is 0.898 bits per heavy atom. The fourth-order valence-corrected chi connectivity index (χ4v) is 6.33. The van der Waals surface area contributed by atoms with E-state index in [1.165, 1.54) is 22.6 Å². The number of ketones is 1. The van der Waals surface area contributed by atoms with Crippen LogP contribution >= 0.6 is 0 Å². The molecule has 0 atom stereocenters. The van der Waals surface area contributed by atoms with Gasteiger partial charge in [-0.05, 0) is 73.3 Å². The molecule has 0 bridgehead atoms. The van der Waals surface area contributed by atoms with Crippen LogP contribution in [-0.2, 0) is 36.7 Å². The Hall–Kier alpha value is -3.53. The molecule has 2 heterocycles. The van der Waals surface area contributed by atoms with Crippen LogP contribution in [0.25, 0.3) is 44.3 Å². The summed E-state index contributed by atoms with van der Waals surface area (Å²) >= 11 is 0. The van der Waals surface area contributed by atoms with Crippen LogP contribution in [-0.4, -0.2) is 15.9 Å². The van der Waals surface area contributed by atoms with Gasteiger partial charge in [0.2, 0.25) is 0 Å². The van der Waals surface area contributed by atoms with Crippen molar-refractivity contribution in [2.24, 2.45) is 17.8 Å². The summed E-state index contributed by atoms with van der Waals surface area (Å²) in [6, 6.07) is 27.1. The van der Waals surface area contributed by atoms with Gasteiger partial charge in [-0.2, -0.15) is 0 Å². The number of carbonyl (C=O) groups is 1. The Morgan fingerprint density at radius 3 is 2.20 bits per heavy atom. The van der Waals surface area contributed by atoms with Crippen molar-refractivity contribution in [1.29, 1.82) is 0 Å². The van der Waals surface area contributed by atoms with Crippen molar-refractivity contribution >= 4 is 27.5 Å². The predicted molar refractivity (Wildman–Crippen MR) is 202 cm³/mol. The van der Waals surface area contributed by atoms with Gasteiger partial charge in [0.25, 0.3) is 0 Å². The van der Waals surface area contributed by atoms with Gasteiger partial charge in [-0.1, -0.05) is 104 Å². The van der Waals surface area contributed by atoms with E-state index in [1.54, 1.807) is 0 Å². The largest absolute Gasteiger partial charge is 0.512 e. The maximum absolute atomic E-state index is 11.7. The third kappa shape index (κ3) is 10.2. The number of hydrogen-bond donors (Lipinski definition) is 1. The first-order valence-corrected chi connectivity index (χ1v) is 17.8. The van der Waals surface area contributed by atoms with Crippen molar-refractivity contribution in [3.63, 3.8) is 0 Å². The number of furan rings is 1. The van der Waals surface area contributed by atoms with Gasteiger partial charge in [0.05, 0.1) is 5.76 Å². The quantitative estimate of drug-likeness (QED) is 0.0818. The molecule has 3 aromatic carbocycles. The van der Waals surface area contributed by atoms with Crippen LogP contribution in [0.5, 0.6) is 0 Å². The average Bonchev–Trinajstić information content (AvgIpc) is 3.49. The molecule has 0 aliphatic heterocycles. The molecule has 0 aliphatic carbocycles. The fraction of sp³-hybridized carbons (Fsp3) is 0.409. The summed E-state index contributed by atoms with van der Waals surface area (Å²) in [6.07, 6.45) is 7.84. The van der Waals surface area contributed by atoms with Crippen molar-refractivity contribution in [2.75, 3.05) is 0 Å². The molecule has 1 N–H and O–H groups in total. The summed E-state index contributed by atoms with van der Waals surface area (Å²) in [7, 11) is 0. The van der Waals surface area contributed by atoms with Gasteiger partial charge < -0.3 is 9.52 Å². The minimum atomic E-state index is 0. The number of aromatic nitrogens is 1. The molecule has 49 heavy (non-hydrogen) atoms. The number of allylic oxidation sites excluding steroid dienone is 2. The molecule has 0 amide bonds. The molecule has 263 valence electrons. The summed E-state index contributed by atoms with van der Waals surface area (Å²) in [4.78, 5) is 16.4. The molecule has 0 unspecified atom stereocenters. The molecule has 0 fully saturated rings. The Labute approximate surface area is 307 Å². The van der Waals surface area contributed by atoms with Crippen molar-refractivity contribution < 1.29 is 34.4 Å². The van der Waals surface area contributed by atoms with E-state index in [4.69, 9.17) is 9.40 Å². The molecular formula is C44H54IrNO3-. The maximum Gasteiger partial charge on any atom is 0.162 e. The third-order valence-corrected chi connectivity index (χ3v) is 9.21. The van der Waals surface area contributed by atoms with E-state index in [1.807, 2.05) is 40.0 Å². The van der Waals surface area contributed by atoms with E-state index in [0.717, 1.165) is 71.0 Å². The maximum atomic E-state index is 11.7. The monoisotopic (exact) mass is 837 g/mol. The predicted octanol–water partition coefficient (Wildman–Crippen LogP) is 12.5. The zero-order chi connectivity index (χ0) is 35.0. The number of fused-ring (bicyclic) bond motifs is 2. The Kier molecular flexibility index (Phi) is 14.6. The molecule has 0 spiro atoms. The van der Waals surface area contributed by atoms with E-state index in [-0.39, 0.29) is 48.9 Å². The fourth-order valence-electron chi connectivity index (χ4n) is 6.33. The van der Waals surface area contributed by atoms with Gasteiger partial charge in [-0.3, -0.25) is 9.78 Å². The van der Waals surface area contributed by atoms with Crippen LogP contribution in [0.4, 0.5) is 0 Å². The number of rotatable bonds is 11. The second-order valence-electron chi connectivity index (χ2n) is 14.4. The van der Waals surface area contributed by atoms with Crippen LogP contribution in [0.1, 0.15) is 99.1 Å². The van der Waals surface area contributed by atoms with Crippen molar-refractivity contribution in [2.45, 2.75) is 99.8 Å². The minimum Gasteiger partial charge on any atom is -0.512 e. The molecule has 4 nitrogen and oxygen atoms in total. The second-order valence-corrected chi connectivity index (χ2v) is 14.4. The minimum absolute atomic E-state index is 0. The standard InChI is InChI=1S/C31H30NO.C13H24O2.Ir/c1-20(2)14-21-10-11-29-25(15-21)19-30(33-29)23-12-13-32-28(18-23)24-16-22-8-6-7-9-26(22)27(17-24)31(3,4)5;1-5-10(6-2)12(14)9-13(15)11(7-3)8-4;/h6-13,15,17-20H,14H2,1-5H3;9-11,14H,5-8H2,1-4H3;/q-1;;/b;12-9-;. The molecule has 5 heteroatoms. The summed E-state index contributed by atoms with van der Waals surface area (Å²) in [5.41, 5.74) is 6.54. The molecule has 0 saturated carbocycles. The van der Waals surface area contributed by atoms with Crippen molar-refractivity contribution in [3.8, 4) is 22.6 Å². The Balaban J connectivity index is 0.000000347. The topological polar surface area (TPSA) is 63.3 Å². The smallest absolute Gasteiger partial charge is 0.162 e. The van der Waals surface area contributed by atoms with E-state index in [9.17, 15) is 9.90 Å². The number of nitrogens with zero attached hydrogens (tertiary/aromatic N) is 1. The number of aliphatic hydroxyl groups is 1. The molecule has 0 aliphatic rings. The normalized spacial score (nSPS) is 12.0. The summed E-state index contributed by atoms with van der Waals surface area (Å²) in [5, 5.41) is 13.3. The van der Waals surface area contributed by atoms with Gasteiger partial charge in [-0.15, -0.1) is 29.1 Å². The molecular weight excluding hydrogens is 783 g/mol. The van der Waals surface area contributed by atoms with Gasteiger partial charge >= 0.3 is 0 Å². The molecule has 2 aromatic heterocycles. The van der Waals surface area contributed by atoms with Gasteiger partial charge in [0.1, 0.15) is 11.3 Å². The first kappa shape index (κ1) is 39.9. The Bertz CT molecular complexity index is 1850. The van der Waals surface area contributed by atoms with E-state index < -0.39 is 0 Å². The van der Waals surface area contributed by atoms with E-state index >= 15 is 0 Å². The number of carbonyl (C=O) groups excluding carboxylic acids is 1. The van der Waals surface area contributed by atoms with Gasteiger partial charge in [0.15, 0.2) is 5.78 Å². The zero-order valence-corrected chi connectivity index (χ0v) is 33.2. The van der Waals surface area contributed by atoms with Crippen LogP contribution in [0.3, 0.4) is 0 Å². The second kappa shape index (κ2) is 17.9. The van der Waals surface area contributed by atoms with E-state index in [2.05, 4.69) is 101 Å². The van der Waals surface area contributed by atoms with Crippen LogP contribution in [0.15, 0.2) is 89.2 Å². The summed E-state index contributed by atoms with van der Waals surface area (Å²) in [5.74, 6) is 2.05. The van der Waals surface area contributed by atoms with Gasteiger partial charge in [-0.25, -0.2) is 0 Å². The average molecular weight is 837 g/mol. The first-order chi connectivity index (χ1) is 22.9. The summed E-state index contributed by atoms with van der Waals surface area (Å²) < 4.78 is 6.22. The number of benzene rings is 3. The molecule has 1 radical (unpaired) electrons. The van der Waals surface area contributed by atoms with Crippen LogP contribution in [0, 0.1) is 23.8 Å². The summed E-state index contributed by atoms with van der Waals surface area (Å²) in [6.45, 7) is 19.3. The van der Waals surface area contributed by atoms with Gasteiger partial charge in [0, 0.05) is 60.9 Å². The van der Waals surface area contributed by atoms with Crippen LogP contribution < -0.4 is 0 Å². The number of pyridine rings is 1. The van der Waals surface area contributed by atoms with E-state index in [0.29, 0.717) is 5.92 Å². The molecule has 5 aromatic rings. The Morgan fingerprint density at radius 2 is 1.57 bits per heavy atom. The molecule has 0 saturated heterocycles. The SMILES string of the molecule is CC(C)Cc1ccc2oc(-c3ccnc(-c4[c-]c5ccccc5c(C(C)(C)C)c4)c3)cc2c1.CCC(CC)C(=O)/C=C(\O)C(CC)CC.[Ir]. The number of hydrogen-bond acceptors (Lipinski definition) is 4. The van der Waals surface area contributed by atoms with Crippen LogP contribution in [0.2, 0.25) is 0 Å². The van der Waals surface area contributed by atoms with Crippen molar-refractivity contribution in [1.82, 2.24) is 4.98 Å².